The van der Waals surface area contributed by atoms with Crippen LogP contribution in [0.3, 0.4) is 0 Å². The van der Waals surface area contributed by atoms with E-state index in [0.717, 1.165) is 0 Å². The van der Waals surface area contributed by atoms with Gasteiger partial charge in [0.2, 0.25) is 0 Å². The first-order valence-corrected chi connectivity index (χ1v) is 4.01. The molecule has 0 spiro atoms. The molecule has 0 fully saturated rings. The highest BCUT2D eigenvalue weighted by Gasteiger charge is 2.06. The lowest BCUT2D eigenvalue weighted by molar-refractivity contribution is -0.689. The molecular formula is C10H9ClN4. The van der Waals surface area contributed by atoms with Gasteiger partial charge in [-0.3, -0.25) is 0 Å². The summed E-state index contributed by atoms with van der Waals surface area (Å²) in [7, 11) is 0. The summed E-state index contributed by atoms with van der Waals surface area (Å²) in [6.07, 6.45) is 3.64. The van der Waals surface area contributed by atoms with Gasteiger partial charge in [0.15, 0.2) is 24.5 Å². The highest BCUT2D eigenvalue weighted by atomic mass is 35.5. The Balaban J connectivity index is 0.00000196. The quantitative estimate of drug-likeness (QED) is 0.433. The van der Waals surface area contributed by atoms with Crippen molar-refractivity contribution < 1.29 is 17.0 Å². The Kier molecular flexibility index (Phi) is 5.55. The molecule has 0 aliphatic rings. The second-order valence-electron chi connectivity index (χ2n) is 2.67. The highest BCUT2D eigenvalue weighted by molar-refractivity contribution is 5.38. The van der Waals surface area contributed by atoms with E-state index in [1.54, 1.807) is 16.7 Å². The van der Waals surface area contributed by atoms with Crippen molar-refractivity contribution in [2.45, 2.75) is 6.54 Å². The van der Waals surface area contributed by atoms with E-state index < -0.39 is 0 Å². The normalized spacial score (nSPS) is 7.87. The lowest BCUT2D eigenvalue weighted by Gasteiger charge is -1.96. The maximum atomic E-state index is 8.55. The second kappa shape index (κ2) is 6.42. The zero-order valence-electron chi connectivity index (χ0n) is 7.89. The van der Waals surface area contributed by atoms with Gasteiger partial charge in [-0.15, -0.1) is 0 Å². The van der Waals surface area contributed by atoms with E-state index in [0.29, 0.717) is 6.54 Å². The van der Waals surface area contributed by atoms with Gasteiger partial charge in [-0.05, 0) is 0 Å². The lowest BCUT2D eigenvalue weighted by atomic mass is 10.2. The number of allylic oxidation sites excluding steroid dienone is 2. The number of aromatic nitrogens is 1. The third kappa shape index (κ3) is 3.68. The van der Waals surface area contributed by atoms with E-state index in [4.69, 9.17) is 16.3 Å². The number of hydrogen-bond acceptors (Lipinski definition) is 3. The van der Waals surface area contributed by atoms with Gasteiger partial charge in [-0.2, -0.15) is 15.1 Å². The van der Waals surface area contributed by atoms with Crippen molar-refractivity contribution in [2.24, 2.45) is 5.73 Å². The number of nitriles is 2. The molecule has 5 heteroatoms. The molecule has 15 heavy (non-hydrogen) atoms. The van der Waals surface area contributed by atoms with Crippen LogP contribution < -0.4 is 22.7 Å². The Labute approximate surface area is 94.3 Å². The van der Waals surface area contributed by atoms with Gasteiger partial charge in [0, 0.05) is 12.1 Å². The first kappa shape index (κ1) is 13.0. The minimum atomic E-state index is -0.0265. The molecule has 0 aliphatic heterocycles. The molecule has 1 aromatic rings. The summed E-state index contributed by atoms with van der Waals surface area (Å²) in [5, 5.41) is 17.1. The molecule has 0 amide bonds. The molecule has 4 nitrogen and oxygen atoms in total. The maximum absolute atomic E-state index is 8.55. The summed E-state index contributed by atoms with van der Waals surface area (Å²) in [6.45, 7) is 0.358. The van der Waals surface area contributed by atoms with Crippen LogP contribution in [-0.2, 0) is 6.54 Å². The van der Waals surface area contributed by atoms with Gasteiger partial charge in [0.25, 0.3) is 0 Å². The Morgan fingerprint density at radius 3 is 2.13 bits per heavy atom. The largest absolute Gasteiger partial charge is 1.00 e. The molecule has 0 saturated heterocycles. The van der Waals surface area contributed by atoms with Crippen molar-refractivity contribution in [3.05, 3.63) is 41.9 Å². The third-order valence-corrected chi connectivity index (χ3v) is 1.67. The standard InChI is InChI=1S/C10H9N4.ClH/c11-6-9(7-12)10(13)8-14-4-2-1-3-5-14;/h1-5H,8,13H2;1H/q+1;/p-1. The van der Waals surface area contributed by atoms with Crippen LogP contribution in [0.5, 0.6) is 0 Å². The van der Waals surface area contributed by atoms with E-state index >= 15 is 0 Å². The molecule has 1 heterocycles. The Bertz CT molecular complexity index is 409. The fraction of sp³-hybridized carbons (Fsp3) is 0.100. The highest BCUT2D eigenvalue weighted by Crippen LogP contribution is 1.95. The zero-order valence-corrected chi connectivity index (χ0v) is 8.65. The summed E-state index contributed by atoms with van der Waals surface area (Å²) >= 11 is 0. The van der Waals surface area contributed by atoms with Crippen molar-refractivity contribution in [1.82, 2.24) is 0 Å². The van der Waals surface area contributed by atoms with Gasteiger partial charge in [0.1, 0.15) is 17.8 Å². The van der Waals surface area contributed by atoms with E-state index in [-0.39, 0.29) is 23.7 Å². The Hall–Kier alpha value is -2.04. The predicted octanol–water partition coefficient (Wildman–Crippen LogP) is -2.76. The lowest BCUT2D eigenvalue weighted by Crippen LogP contribution is -3.00. The van der Waals surface area contributed by atoms with E-state index in [9.17, 15) is 0 Å². The summed E-state index contributed by atoms with van der Waals surface area (Å²) in [5.41, 5.74) is 5.84. The fourth-order valence-electron chi connectivity index (χ4n) is 0.984. The van der Waals surface area contributed by atoms with Crippen molar-refractivity contribution in [2.75, 3.05) is 0 Å². The molecule has 0 aliphatic carbocycles. The summed E-state index contributed by atoms with van der Waals surface area (Å²) in [5.74, 6) is 0. The van der Waals surface area contributed by atoms with Gasteiger partial charge < -0.3 is 18.1 Å². The van der Waals surface area contributed by atoms with Crippen LogP contribution in [0.15, 0.2) is 41.9 Å². The average molecular weight is 221 g/mol. The average Bonchev–Trinajstić information content (AvgIpc) is 2.21. The molecular weight excluding hydrogens is 212 g/mol. The number of nitrogens with zero attached hydrogens (tertiary/aromatic N) is 3. The number of nitrogens with two attached hydrogens (primary N) is 1. The third-order valence-electron chi connectivity index (χ3n) is 1.67. The van der Waals surface area contributed by atoms with E-state index in [2.05, 4.69) is 0 Å². The molecule has 0 radical (unpaired) electrons. The molecule has 0 unspecified atom stereocenters. The Morgan fingerprint density at radius 1 is 1.13 bits per heavy atom. The van der Waals surface area contributed by atoms with Crippen molar-refractivity contribution >= 4 is 0 Å². The maximum Gasteiger partial charge on any atom is 0.189 e. The minimum absolute atomic E-state index is 0. The van der Waals surface area contributed by atoms with Crippen LogP contribution in [0, 0.1) is 22.7 Å². The SMILES string of the molecule is N#CC(C#N)=C(N)C[n+]1ccccc1.[Cl-]. The van der Waals surface area contributed by atoms with E-state index in [1.165, 1.54) is 0 Å². The summed E-state index contributed by atoms with van der Waals surface area (Å²) in [6, 6.07) is 9.09. The molecule has 76 valence electrons. The molecule has 1 aromatic heterocycles. The van der Waals surface area contributed by atoms with Crippen LogP contribution in [0.1, 0.15) is 0 Å². The van der Waals surface area contributed by atoms with Gasteiger partial charge in [0.05, 0.1) is 0 Å². The Morgan fingerprint density at radius 2 is 1.67 bits per heavy atom. The predicted molar refractivity (Wildman–Crippen MR) is 49.1 cm³/mol. The van der Waals surface area contributed by atoms with Crippen LogP contribution in [0.4, 0.5) is 0 Å². The molecule has 0 atom stereocenters. The van der Waals surface area contributed by atoms with Crippen LogP contribution in [0.25, 0.3) is 0 Å². The van der Waals surface area contributed by atoms with Crippen LogP contribution in [-0.4, -0.2) is 0 Å². The molecule has 0 aromatic carbocycles. The van der Waals surface area contributed by atoms with Crippen molar-refractivity contribution in [3.8, 4) is 12.1 Å². The van der Waals surface area contributed by atoms with Gasteiger partial charge in [-0.25, -0.2) is 0 Å². The minimum Gasteiger partial charge on any atom is -1.00 e. The number of pyridine rings is 1. The van der Waals surface area contributed by atoms with E-state index in [1.807, 2.05) is 30.6 Å². The molecule has 2 N–H and O–H groups in total. The van der Waals surface area contributed by atoms with Crippen LogP contribution >= 0.6 is 0 Å². The fourth-order valence-corrected chi connectivity index (χ4v) is 0.984. The second-order valence-corrected chi connectivity index (χ2v) is 2.67. The first-order valence-electron chi connectivity index (χ1n) is 4.01. The zero-order chi connectivity index (χ0) is 10.4. The number of rotatable bonds is 2. The smallest absolute Gasteiger partial charge is 0.189 e. The van der Waals surface area contributed by atoms with Crippen molar-refractivity contribution in [3.63, 3.8) is 0 Å². The monoisotopic (exact) mass is 220 g/mol. The summed E-state index contributed by atoms with van der Waals surface area (Å²) in [4.78, 5) is 0. The summed E-state index contributed by atoms with van der Waals surface area (Å²) < 4.78 is 1.80. The van der Waals surface area contributed by atoms with Crippen LogP contribution in [0.2, 0.25) is 0 Å². The molecule has 1 rings (SSSR count). The number of halogens is 1. The van der Waals surface area contributed by atoms with Gasteiger partial charge in [-0.1, -0.05) is 6.07 Å². The topological polar surface area (TPSA) is 77.5 Å². The number of hydrogen-bond donors (Lipinski definition) is 1. The molecule has 0 saturated carbocycles. The van der Waals surface area contributed by atoms with Crippen molar-refractivity contribution in [1.29, 1.82) is 10.5 Å². The molecule has 0 bridgehead atoms. The van der Waals surface area contributed by atoms with Gasteiger partial charge >= 0.3 is 0 Å². The first-order chi connectivity index (χ1) is 6.77.